The first kappa shape index (κ1) is 12.4. The quantitative estimate of drug-likeness (QED) is 0.843. The highest BCUT2D eigenvalue weighted by Crippen LogP contribution is 2.29. The van der Waals surface area contributed by atoms with E-state index >= 15 is 0 Å². The average molecular weight is 245 g/mol. The van der Waals surface area contributed by atoms with Gasteiger partial charge < -0.3 is 9.84 Å². The summed E-state index contributed by atoms with van der Waals surface area (Å²) in [4.78, 5) is 15.9. The van der Waals surface area contributed by atoms with Gasteiger partial charge in [0.2, 0.25) is 0 Å². The lowest BCUT2D eigenvalue weighted by molar-refractivity contribution is -0.142. The van der Waals surface area contributed by atoms with Crippen molar-refractivity contribution in [3.63, 3.8) is 0 Å². The number of hydrogen-bond donors (Lipinski definition) is 1. The number of rotatable bonds is 3. The van der Waals surface area contributed by atoms with Crippen molar-refractivity contribution in [1.29, 1.82) is 0 Å². The lowest BCUT2D eigenvalue weighted by Crippen LogP contribution is -2.09. The second-order valence-corrected chi connectivity index (χ2v) is 4.02. The normalized spacial score (nSPS) is 10.6. The van der Waals surface area contributed by atoms with Gasteiger partial charge in [-0.2, -0.15) is 0 Å². The molecule has 0 radical (unpaired) electrons. The molecular formula is C14H15NO3. The van der Waals surface area contributed by atoms with Crippen LogP contribution >= 0.6 is 0 Å². The molecule has 18 heavy (non-hydrogen) atoms. The maximum atomic E-state index is 11.5. The molecule has 2 rings (SSSR count). The smallest absolute Gasteiger partial charge is 0.310 e. The van der Waals surface area contributed by atoms with Crippen molar-refractivity contribution in [2.24, 2.45) is 0 Å². The number of hydrogen-bond acceptors (Lipinski definition) is 4. The fraction of sp³-hybridized carbons (Fsp3) is 0.286. The van der Waals surface area contributed by atoms with E-state index in [0.717, 1.165) is 5.52 Å². The molecular weight excluding hydrogens is 230 g/mol. The summed E-state index contributed by atoms with van der Waals surface area (Å²) in [6.45, 7) is 3.86. The van der Waals surface area contributed by atoms with Crippen LogP contribution in [0.4, 0.5) is 0 Å². The Labute approximate surface area is 105 Å². The molecule has 4 heteroatoms. The first-order valence-electron chi connectivity index (χ1n) is 5.86. The molecule has 1 aromatic carbocycles. The molecule has 0 unspecified atom stereocenters. The molecule has 0 saturated heterocycles. The number of aromatic nitrogens is 1. The van der Waals surface area contributed by atoms with E-state index in [9.17, 15) is 9.90 Å². The van der Waals surface area contributed by atoms with Crippen molar-refractivity contribution in [3.8, 4) is 5.75 Å². The zero-order valence-electron chi connectivity index (χ0n) is 10.4. The van der Waals surface area contributed by atoms with Crippen LogP contribution in [-0.4, -0.2) is 22.7 Å². The van der Waals surface area contributed by atoms with Crippen LogP contribution in [0.3, 0.4) is 0 Å². The van der Waals surface area contributed by atoms with Crippen LogP contribution in [0.25, 0.3) is 10.9 Å². The summed E-state index contributed by atoms with van der Waals surface area (Å²) in [6, 6.07) is 7.30. The van der Waals surface area contributed by atoms with Gasteiger partial charge in [-0.05, 0) is 26.0 Å². The Balaban J connectivity index is 2.47. The summed E-state index contributed by atoms with van der Waals surface area (Å²) >= 11 is 0. The van der Waals surface area contributed by atoms with Gasteiger partial charge >= 0.3 is 5.97 Å². The summed E-state index contributed by atoms with van der Waals surface area (Å²) in [5.41, 5.74) is 1.91. The largest absolute Gasteiger partial charge is 0.507 e. The zero-order valence-corrected chi connectivity index (χ0v) is 10.4. The Morgan fingerprint density at radius 2 is 2.11 bits per heavy atom. The molecule has 0 bridgehead atoms. The van der Waals surface area contributed by atoms with Crippen LogP contribution in [0.5, 0.6) is 5.75 Å². The van der Waals surface area contributed by atoms with E-state index in [2.05, 4.69) is 4.98 Å². The van der Waals surface area contributed by atoms with Gasteiger partial charge in [0.25, 0.3) is 0 Å². The van der Waals surface area contributed by atoms with Crippen LogP contribution in [0, 0.1) is 6.92 Å². The predicted molar refractivity (Wildman–Crippen MR) is 68.5 cm³/mol. The van der Waals surface area contributed by atoms with Crippen LogP contribution in [-0.2, 0) is 16.0 Å². The number of pyridine rings is 1. The second-order valence-electron chi connectivity index (χ2n) is 4.02. The Kier molecular flexibility index (Phi) is 3.46. The minimum Gasteiger partial charge on any atom is -0.507 e. The Morgan fingerprint density at radius 1 is 1.39 bits per heavy atom. The number of benzene rings is 1. The predicted octanol–water partition coefficient (Wildman–Crippen LogP) is 2.35. The number of nitrogens with zero attached hydrogens (tertiary/aromatic N) is 1. The molecule has 94 valence electrons. The highest BCUT2D eigenvalue weighted by Gasteiger charge is 2.15. The first-order valence-corrected chi connectivity index (χ1v) is 5.86. The Morgan fingerprint density at radius 3 is 2.83 bits per heavy atom. The number of fused-ring (bicyclic) bond motifs is 1. The fourth-order valence-corrected chi connectivity index (χ4v) is 1.92. The van der Waals surface area contributed by atoms with E-state index in [0.29, 0.717) is 23.3 Å². The van der Waals surface area contributed by atoms with Gasteiger partial charge in [-0.1, -0.05) is 12.1 Å². The van der Waals surface area contributed by atoms with Crippen molar-refractivity contribution < 1.29 is 14.6 Å². The number of ether oxygens (including phenoxy) is 1. The van der Waals surface area contributed by atoms with Crippen LogP contribution in [0.2, 0.25) is 0 Å². The molecule has 0 spiro atoms. The molecule has 0 amide bonds. The van der Waals surface area contributed by atoms with Crippen molar-refractivity contribution >= 4 is 16.9 Å². The maximum Gasteiger partial charge on any atom is 0.310 e. The van der Waals surface area contributed by atoms with Gasteiger partial charge in [0.15, 0.2) is 0 Å². The molecule has 4 nitrogen and oxygen atoms in total. The van der Waals surface area contributed by atoms with E-state index in [1.807, 2.05) is 18.2 Å². The van der Waals surface area contributed by atoms with E-state index in [-0.39, 0.29) is 18.1 Å². The van der Waals surface area contributed by atoms with Gasteiger partial charge in [0, 0.05) is 16.6 Å². The zero-order chi connectivity index (χ0) is 13.1. The standard InChI is InChI=1S/C14H15NO3/c1-3-18-13(16)8-11-9(2)15-12-7-5-4-6-10(12)14(11)17/h4-7H,3,8H2,1-2H3,(H,15,17). The van der Waals surface area contributed by atoms with Gasteiger partial charge in [-0.3, -0.25) is 9.78 Å². The number of aromatic hydroxyl groups is 1. The molecule has 0 fully saturated rings. The second kappa shape index (κ2) is 5.04. The van der Waals surface area contributed by atoms with Crippen LogP contribution < -0.4 is 0 Å². The third-order valence-corrected chi connectivity index (χ3v) is 2.80. The van der Waals surface area contributed by atoms with Gasteiger partial charge in [0.05, 0.1) is 18.5 Å². The van der Waals surface area contributed by atoms with Crippen molar-refractivity contribution in [2.45, 2.75) is 20.3 Å². The SMILES string of the molecule is CCOC(=O)Cc1c(C)nc2ccccc2c1O. The third-order valence-electron chi connectivity index (χ3n) is 2.80. The molecule has 1 aromatic heterocycles. The van der Waals surface area contributed by atoms with Crippen molar-refractivity contribution in [2.75, 3.05) is 6.61 Å². The summed E-state index contributed by atoms with van der Waals surface area (Å²) in [7, 11) is 0. The highest BCUT2D eigenvalue weighted by molar-refractivity contribution is 5.88. The van der Waals surface area contributed by atoms with E-state index in [1.54, 1.807) is 19.9 Å². The van der Waals surface area contributed by atoms with Crippen molar-refractivity contribution in [1.82, 2.24) is 4.98 Å². The molecule has 2 aromatic rings. The number of carbonyl (C=O) groups excluding carboxylic acids is 1. The number of aryl methyl sites for hydroxylation is 1. The van der Waals surface area contributed by atoms with E-state index in [4.69, 9.17) is 4.74 Å². The minimum absolute atomic E-state index is 0.0450. The highest BCUT2D eigenvalue weighted by atomic mass is 16.5. The topological polar surface area (TPSA) is 59.4 Å². The molecule has 0 aliphatic rings. The summed E-state index contributed by atoms with van der Waals surface area (Å²) in [6.07, 6.45) is 0.0450. The Hall–Kier alpha value is -2.10. The first-order chi connectivity index (χ1) is 8.63. The van der Waals surface area contributed by atoms with Gasteiger partial charge in [-0.25, -0.2) is 0 Å². The van der Waals surface area contributed by atoms with E-state index < -0.39 is 0 Å². The molecule has 1 N–H and O–H groups in total. The van der Waals surface area contributed by atoms with Gasteiger partial charge in [-0.15, -0.1) is 0 Å². The molecule has 0 aliphatic carbocycles. The summed E-state index contributed by atoms with van der Waals surface area (Å²) < 4.78 is 4.89. The molecule has 0 saturated carbocycles. The fourth-order valence-electron chi connectivity index (χ4n) is 1.92. The molecule has 0 atom stereocenters. The number of carbonyl (C=O) groups is 1. The van der Waals surface area contributed by atoms with Crippen molar-refractivity contribution in [3.05, 3.63) is 35.5 Å². The minimum atomic E-state index is -0.354. The van der Waals surface area contributed by atoms with E-state index in [1.165, 1.54) is 0 Å². The monoisotopic (exact) mass is 245 g/mol. The molecule has 0 aliphatic heterocycles. The lowest BCUT2D eigenvalue weighted by atomic mass is 10.1. The number of para-hydroxylation sites is 1. The van der Waals surface area contributed by atoms with Crippen LogP contribution in [0.1, 0.15) is 18.2 Å². The average Bonchev–Trinajstić information content (AvgIpc) is 2.35. The van der Waals surface area contributed by atoms with Crippen LogP contribution in [0.15, 0.2) is 24.3 Å². The lowest BCUT2D eigenvalue weighted by Gasteiger charge is -2.10. The number of esters is 1. The Bertz CT molecular complexity index is 593. The summed E-state index contributed by atoms with van der Waals surface area (Å²) in [5, 5.41) is 10.9. The molecule has 1 heterocycles. The van der Waals surface area contributed by atoms with Gasteiger partial charge in [0.1, 0.15) is 5.75 Å². The third kappa shape index (κ3) is 2.27. The summed E-state index contributed by atoms with van der Waals surface area (Å²) in [5.74, 6) is -0.237. The maximum absolute atomic E-state index is 11.5.